The molecule has 1 heterocycles. The lowest BCUT2D eigenvalue weighted by molar-refractivity contribution is -0.142. The second kappa shape index (κ2) is 7.59. The molecule has 4 N–H and O–H groups in total. The van der Waals surface area contributed by atoms with Gasteiger partial charge < -0.3 is 25.8 Å². The number of ether oxygens (including phenoxy) is 2. The largest absolute Gasteiger partial charge is 0.469 e. The number of carbonyl (C=O) groups is 3. The fourth-order valence-electron chi connectivity index (χ4n) is 2.83. The number of hydrogen-bond donors (Lipinski definition) is 3. The quantitative estimate of drug-likeness (QED) is 0.550. The van der Waals surface area contributed by atoms with Gasteiger partial charge in [-0.1, -0.05) is 12.1 Å². The number of carbonyl (C=O) groups excluding carboxylic acids is 3. The van der Waals surface area contributed by atoms with Crippen molar-refractivity contribution < 1.29 is 23.9 Å². The summed E-state index contributed by atoms with van der Waals surface area (Å²) in [5, 5.41) is 5.15. The first-order valence-corrected chi connectivity index (χ1v) is 8.65. The summed E-state index contributed by atoms with van der Waals surface area (Å²) in [6, 6.07) is 7.66. The molecule has 2 amide bonds. The summed E-state index contributed by atoms with van der Waals surface area (Å²) in [5.41, 5.74) is 8.71. The van der Waals surface area contributed by atoms with Gasteiger partial charge in [-0.2, -0.15) is 0 Å². The van der Waals surface area contributed by atoms with Crippen LogP contribution in [0.4, 0.5) is 11.4 Å². The predicted octanol–water partition coefficient (Wildman–Crippen LogP) is 2.29. The molecule has 1 aliphatic rings. The van der Waals surface area contributed by atoms with Crippen LogP contribution in [0.1, 0.15) is 27.9 Å². The van der Waals surface area contributed by atoms with E-state index in [4.69, 9.17) is 10.5 Å². The van der Waals surface area contributed by atoms with Crippen LogP contribution < -0.4 is 21.1 Å². The maximum absolute atomic E-state index is 12.6. The number of hydrogen-bond acceptors (Lipinski definition) is 6. The Morgan fingerprint density at radius 2 is 1.89 bits per heavy atom. The predicted molar refractivity (Wildman–Crippen MR) is 103 cm³/mol. The van der Waals surface area contributed by atoms with Crippen molar-refractivity contribution in [3.63, 3.8) is 0 Å². The Balaban J connectivity index is 1.93. The lowest BCUT2D eigenvalue weighted by atomic mass is 10.1. The van der Waals surface area contributed by atoms with Crippen molar-refractivity contribution in [1.29, 1.82) is 0 Å². The van der Waals surface area contributed by atoms with Crippen LogP contribution in [-0.4, -0.2) is 30.9 Å². The minimum atomic E-state index is -1.04. The third kappa shape index (κ3) is 3.90. The molecule has 0 aromatic heterocycles. The summed E-state index contributed by atoms with van der Waals surface area (Å²) in [6.45, 7) is 3.84. The Kier molecular flexibility index (Phi) is 5.21. The zero-order valence-corrected chi connectivity index (χ0v) is 15.8. The fourth-order valence-corrected chi connectivity index (χ4v) is 2.83. The molecule has 0 saturated carbocycles. The number of rotatable bonds is 4. The average molecular weight is 383 g/mol. The Morgan fingerprint density at radius 3 is 2.61 bits per heavy atom. The van der Waals surface area contributed by atoms with Crippen LogP contribution in [0.2, 0.25) is 0 Å². The number of nitrogens with one attached hydrogen (secondary N) is 2. The smallest absolute Gasteiger partial charge is 0.308 e. The van der Waals surface area contributed by atoms with E-state index in [1.165, 1.54) is 19.2 Å². The Bertz CT molecular complexity index is 971. The molecule has 3 rings (SSSR count). The lowest BCUT2D eigenvalue weighted by Crippen LogP contribution is -2.42. The molecule has 28 heavy (non-hydrogen) atoms. The SMILES string of the molecule is COC(=O)C[C@@H]1NC(=O)c2cc(Oc3cc(C)ccc3C)c(N)cc2NC1=O. The number of esters is 1. The number of anilines is 2. The van der Waals surface area contributed by atoms with Gasteiger partial charge in [-0.3, -0.25) is 14.4 Å². The van der Waals surface area contributed by atoms with Crippen LogP contribution in [0.5, 0.6) is 11.5 Å². The van der Waals surface area contributed by atoms with E-state index in [1.54, 1.807) is 0 Å². The van der Waals surface area contributed by atoms with E-state index in [9.17, 15) is 14.4 Å². The third-order valence-corrected chi connectivity index (χ3v) is 4.44. The standard InChI is InChI=1S/C20H21N3O5/c1-10-4-5-11(2)16(6-10)28-17-7-12-14(8-13(17)21)22-20(26)15(23-19(12)25)9-18(24)27-3/h4-8,15H,9,21H2,1-3H3,(H,22,26)(H,23,25)/t15-/m0/s1. The molecule has 0 saturated heterocycles. The van der Waals surface area contributed by atoms with Crippen molar-refractivity contribution in [1.82, 2.24) is 5.32 Å². The van der Waals surface area contributed by atoms with E-state index in [1.807, 2.05) is 32.0 Å². The maximum atomic E-state index is 12.6. The van der Waals surface area contributed by atoms with Gasteiger partial charge in [0.2, 0.25) is 5.91 Å². The molecule has 0 bridgehead atoms. The van der Waals surface area contributed by atoms with E-state index < -0.39 is 23.8 Å². The summed E-state index contributed by atoms with van der Waals surface area (Å²) in [4.78, 5) is 36.4. The van der Waals surface area contributed by atoms with Gasteiger partial charge in [-0.05, 0) is 43.2 Å². The Hall–Kier alpha value is -3.55. The van der Waals surface area contributed by atoms with Crippen LogP contribution in [0.3, 0.4) is 0 Å². The van der Waals surface area contributed by atoms with Crippen molar-refractivity contribution in [3.05, 3.63) is 47.0 Å². The van der Waals surface area contributed by atoms with Crippen molar-refractivity contribution in [2.24, 2.45) is 0 Å². The number of benzene rings is 2. The first-order valence-electron chi connectivity index (χ1n) is 8.65. The van der Waals surface area contributed by atoms with Gasteiger partial charge in [-0.15, -0.1) is 0 Å². The Labute approximate surface area is 162 Å². The van der Waals surface area contributed by atoms with E-state index in [-0.39, 0.29) is 23.4 Å². The summed E-state index contributed by atoms with van der Waals surface area (Å²) in [5.74, 6) is -0.741. The van der Waals surface area contributed by atoms with Gasteiger partial charge >= 0.3 is 5.97 Å². The van der Waals surface area contributed by atoms with E-state index in [0.717, 1.165) is 11.1 Å². The van der Waals surface area contributed by atoms with Gasteiger partial charge in [0.25, 0.3) is 5.91 Å². The molecule has 0 radical (unpaired) electrons. The number of nitrogens with two attached hydrogens (primary N) is 1. The van der Waals surface area contributed by atoms with Crippen LogP contribution >= 0.6 is 0 Å². The molecule has 2 aromatic carbocycles. The van der Waals surface area contributed by atoms with E-state index in [2.05, 4.69) is 15.4 Å². The fraction of sp³-hybridized carbons (Fsp3) is 0.250. The molecule has 8 heteroatoms. The summed E-state index contributed by atoms with van der Waals surface area (Å²) in [7, 11) is 1.21. The molecule has 0 fully saturated rings. The summed E-state index contributed by atoms with van der Waals surface area (Å²) < 4.78 is 10.5. The molecule has 0 aliphatic carbocycles. The minimum Gasteiger partial charge on any atom is -0.469 e. The second-order valence-corrected chi connectivity index (χ2v) is 6.60. The molecule has 0 unspecified atom stereocenters. The molecule has 146 valence electrons. The highest BCUT2D eigenvalue weighted by molar-refractivity contribution is 6.11. The zero-order chi connectivity index (χ0) is 20.4. The van der Waals surface area contributed by atoms with Crippen LogP contribution in [0, 0.1) is 13.8 Å². The van der Waals surface area contributed by atoms with Crippen LogP contribution in [0.15, 0.2) is 30.3 Å². The van der Waals surface area contributed by atoms with Crippen LogP contribution in [-0.2, 0) is 14.3 Å². The number of amides is 2. The summed E-state index contributed by atoms with van der Waals surface area (Å²) in [6.07, 6.45) is -0.274. The lowest BCUT2D eigenvalue weighted by Gasteiger charge is -2.14. The van der Waals surface area contributed by atoms with Crippen LogP contribution in [0.25, 0.3) is 0 Å². The first-order chi connectivity index (χ1) is 13.3. The average Bonchev–Trinajstić information content (AvgIpc) is 2.75. The topological polar surface area (TPSA) is 120 Å². The normalized spacial score (nSPS) is 15.8. The first kappa shape index (κ1) is 19.2. The van der Waals surface area contributed by atoms with Gasteiger partial charge in [-0.25, -0.2) is 0 Å². The number of aryl methyl sites for hydroxylation is 2. The van der Waals surface area contributed by atoms with E-state index >= 15 is 0 Å². The molecule has 2 aromatic rings. The Morgan fingerprint density at radius 1 is 1.14 bits per heavy atom. The summed E-state index contributed by atoms with van der Waals surface area (Å²) >= 11 is 0. The third-order valence-electron chi connectivity index (χ3n) is 4.44. The van der Waals surface area contributed by atoms with Crippen molar-refractivity contribution in [3.8, 4) is 11.5 Å². The zero-order valence-electron chi connectivity index (χ0n) is 15.8. The second-order valence-electron chi connectivity index (χ2n) is 6.60. The van der Waals surface area contributed by atoms with Crippen molar-refractivity contribution >= 4 is 29.2 Å². The maximum Gasteiger partial charge on any atom is 0.308 e. The molecular formula is C20H21N3O5. The number of nitrogen functional groups attached to an aromatic ring is 1. The molecule has 0 spiro atoms. The van der Waals surface area contributed by atoms with E-state index in [0.29, 0.717) is 11.5 Å². The molecule has 8 nitrogen and oxygen atoms in total. The molecule has 1 aliphatic heterocycles. The minimum absolute atomic E-state index is 0.190. The highest BCUT2D eigenvalue weighted by Crippen LogP contribution is 2.35. The van der Waals surface area contributed by atoms with Gasteiger partial charge in [0.1, 0.15) is 11.8 Å². The number of methoxy groups -OCH3 is 1. The monoisotopic (exact) mass is 383 g/mol. The number of fused-ring (bicyclic) bond motifs is 1. The van der Waals surface area contributed by atoms with Gasteiger partial charge in [0.15, 0.2) is 5.75 Å². The van der Waals surface area contributed by atoms with Crippen molar-refractivity contribution in [2.45, 2.75) is 26.3 Å². The van der Waals surface area contributed by atoms with Gasteiger partial charge in [0.05, 0.1) is 30.5 Å². The highest BCUT2D eigenvalue weighted by atomic mass is 16.5. The molecule has 1 atom stereocenters. The van der Waals surface area contributed by atoms with Crippen molar-refractivity contribution in [2.75, 3.05) is 18.2 Å². The van der Waals surface area contributed by atoms with Gasteiger partial charge in [0, 0.05) is 0 Å². The molecular weight excluding hydrogens is 362 g/mol. The highest BCUT2D eigenvalue weighted by Gasteiger charge is 2.30.